The van der Waals surface area contributed by atoms with Gasteiger partial charge in [0.25, 0.3) is 11.0 Å². The van der Waals surface area contributed by atoms with Gasteiger partial charge in [0.05, 0.1) is 6.61 Å². The van der Waals surface area contributed by atoms with Crippen LogP contribution >= 0.6 is 0 Å². The minimum Gasteiger partial charge on any atom is -0.295 e. The number of hydrogen-bond acceptors (Lipinski definition) is 4. The van der Waals surface area contributed by atoms with Gasteiger partial charge in [-0.1, -0.05) is 6.58 Å². The first-order valence-corrected chi connectivity index (χ1v) is 3.69. The number of ketones is 1. The zero-order chi connectivity index (χ0) is 7.98. The van der Waals surface area contributed by atoms with Crippen molar-refractivity contribution in [1.82, 2.24) is 0 Å². The Balaban J connectivity index is 3.37. The van der Waals surface area contributed by atoms with Crippen molar-refractivity contribution in [2.75, 3.05) is 6.61 Å². The van der Waals surface area contributed by atoms with Crippen molar-refractivity contribution in [3.63, 3.8) is 0 Å². The Labute approximate surface area is 60.7 Å². The van der Waals surface area contributed by atoms with Crippen LogP contribution < -0.4 is 0 Å². The van der Waals surface area contributed by atoms with E-state index in [-0.39, 0.29) is 18.8 Å². The molecule has 0 spiro atoms. The van der Waals surface area contributed by atoms with Crippen molar-refractivity contribution in [2.45, 2.75) is 6.42 Å². The Morgan fingerprint density at radius 2 is 2.20 bits per heavy atom. The van der Waals surface area contributed by atoms with Gasteiger partial charge in [-0.15, -0.1) is 0 Å². The van der Waals surface area contributed by atoms with Gasteiger partial charge < -0.3 is 0 Å². The Kier molecular flexibility index (Phi) is 4.78. The minimum absolute atomic E-state index is 0.0623. The predicted octanol–water partition coefficient (Wildman–Crippen LogP) is -0.325. The van der Waals surface area contributed by atoms with Gasteiger partial charge in [-0.2, -0.15) is 0 Å². The summed E-state index contributed by atoms with van der Waals surface area (Å²) in [6, 6.07) is 0. The highest BCUT2D eigenvalue weighted by molar-refractivity contribution is 7.67. The third kappa shape index (κ3) is 5.46. The molecule has 10 heavy (non-hydrogen) atoms. The molecule has 58 valence electrons. The van der Waals surface area contributed by atoms with Crippen molar-refractivity contribution >= 4 is 16.8 Å². The summed E-state index contributed by atoms with van der Waals surface area (Å²) in [7, 11) is -2.82. The first-order valence-electron chi connectivity index (χ1n) is 2.59. The molecule has 0 rings (SSSR count). The Morgan fingerprint density at radius 1 is 1.60 bits per heavy atom. The molecule has 0 aromatic rings. The molecule has 0 aromatic carbocycles. The summed E-state index contributed by atoms with van der Waals surface area (Å²) in [5.41, 5.74) is 0. The maximum Gasteiger partial charge on any atom is 0.257 e. The zero-order valence-corrected chi connectivity index (χ0v) is 6.17. The van der Waals surface area contributed by atoms with E-state index < -0.39 is 11.0 Å². The lowest BCUT2D eigenvalue weighted by Crippen LogP contribution is -1.99. The van der Waals surface area contributed by atoms with Gasteiger partial charge in [0.2, 0.25) is 0 Å². The number of rotatable bonds is 5. The van der Waals surface area contributed by atoms with Crippen molar-refractivity contribution in [3.8, 4) is 0 Å². The molecule has 4 nitrogen and oxygen atoms in total. The number of allylic oxidation sites excluding steroid dienone is 1. The van der Waals surface area contributed by atoms with E-state index in [4.69, 9.17) is 0 Å². The predicted molar refractivity (Wildman–Crippen MR) is 36.1 cm³/mol. The summed E-state index contributed by atoms with van der Waals surface area (Å²) in [5, 5.41) is 0. The lowest BCUT2D eigenvalue weighted by atomic mass is 10.3. The molecule has 0 amide bonds. The average molecular weight is 164 g/mol. The van der Waals surface area contributed by atoms with E-state index >= 15 is 0 Å². The first-order chi connectivity index (χ1) is 4.66. The molecule has 0 atom stereocenters. The summed E-state index contributed by atoms with van der Waals surface area (Å²) >= 11 is 0. The van der Waals surface area contributed by atoms with Crippen molar-refractivity contribution in [1.29, 1.82) is 0 Å². The topological polar surface area (TPSA) is 60.4 Å². The van der Waals surface area contributed by atoms with Gasteiger partial charge in [-0.05, 0) is 6.08 Å². The van der Waals surface area contributed by atoms with Crippen molar-refractivity contribution in [2.24, 2.45) is 0 Å². The normalized spacial score (nSPS) is 9.70. The molecule has 0 fully saturated rings. The molecule has 0 heterocycles. The van der Waals surface area contributed by atoms with Crippen molar-refractivity contribution in [3.05, 3.63) is 12.7 Å². The van der Waals surface area contributed by atoms with Gasteiger partial charge >= 0.3 is 0 Å². The number of hydrogen-bond donors (Lipinski definition) is 1. The van der Waals surface area contributed by atoms with Gasteiger partial charge in [-0.3, -0.25) is 8.98 Å². The van der Waals surface area contributed by atoms with Crippen LogP contribution in [0.3, 0.4) is 0 Å². The van der Waals surface area contributed by atoms with Crippen LogP contribution in [0.1, 0.15) is 6.42 Å². The molecular weight excluding hydrogens is 156 g/mol. The molecule has 0 unspecified atom stereocenters. The summed E-state index contributed by atoms with van der Waals surface area (Å²) in [5.74, 6) is -0.225. The van der Waals surface area contributed by atoms with E-state index in [0.29, 0.717) is 0 Å². The van der Waals surface area contributed by atoms with E-state index in [2.05, 4.69) is 10.8 Å². The van der Waals surface area contributed by atoms with E-state index in [9.17, 15) is 13.2 Å². The maximum absolute atomic E-state index is 10.4. The van der Waals surface area contributed by atoms with Crippen molar-refractivity contribution < 1.29 is 17.4 Å². The van der Waals surface area contributed by atoms with Crippen LogP contribution in [0.15, 0.2) is 12.7 Å². The molecule has 0 radical (unpaired) electrons. The fraction of sp³-hybridized carbons (Fsp3) is 0.400. The standard InChI is InChI=1S/C5H8O4S/c1-2-5(6)3-4-9-10(7)8/h2,10H,1,3-4H2. The fourth-order valence-corrected chi connectivity index (χ4v) is 0.563. The van der Waals surface area contributed by atoms with Crippen LogP contribution in [0.4, 0.5) is 0 Å². The molecule has 0 aliphatic rings. The maximum atomic E-state index is 10.4. The highest BCUT2D eigenvalue weighted by Crippen LogP contribution is 1.85. The van der Waals surface area contributed by atoms with E-state index in [1.165, 1.54) is 0 Å². The van der Waals surface area contributed by atoms with Gasteiger partial charge in [0.1, 0.15) is 0 Å². The van der Waals surface area contributed by atoms with Gasteiger partial charge in [-0.25, -0.2) is 8.42 Å². The third-order valence-corrected chi connectivity index (χ3v) is 1.17. The summed E-state index contributed by atoms with van der Waals surface area (Å²) < 4.78 is 23.6. The first kappa shape index (κ1) is 9.32. The number of thiol groups is 1. The zero-order valence-electron chi connectivity index (χ0n) is 5.28. The molecule has 0 aliphatic heterocycles. The van der Waals surface area contributed by atoms with Crippen LogP contribution in [0.25, 0.3) is 0 Å². The molecule has 0 aliphatic carbocycles. The Morgan fingerprint density at radius 3 is 2.60 bits per heavy atom. The van der Waals surface area contributed by atoms with Crippen LogP contribution in [0, 0.1) is 0 Å². The van der Waals surface area contributed by atoms with E-state index in [0.717, 1.165) is 6.08 Å². The molecule has 0 bridgehead atoms. The van der Waals surface area contributed by atoms with E-state index in [1.807, 2.05) is 0 Å². The second-order valence-corrected chi connectivity index (χ2v) is 2.18. The highest BCUT2D eigenvalue weighted by Gasteiger charge is 1.94. The van der Waals surface area contributed by atoms with Crippen LogP contribution in [0.5, 0.6) is 0 Å². The number of carbonyl (C=O) groups excluding carboxylic acids is 1. The second-order valence-electron chi connectivity index (χ2n) is 1.48. The van der Waals surface area contributed by atoms with E-state index in [1.54, 1.807) is 0 Å². The summed E-state index contributed by atoms with van der Waals surface area (Å²) in [4.78, 5) is 10.4. The highest BCUT2D eigenvalue weighted by atomic mass is 32.2. The van der Waals surface area contributed by atoms with Gasteiger partial charge in [0, 0.05) is 6.42 Å². The molecule has 5 heteroatoms. The average Bonchev–Trinajstić information content (AvgIpc) is 1.87. The smallest absolute Gasteiger partial charge is 0.257 e. The van der Waals surface area contributed by atoms with Crippen LogP contribution in [-0.4, -0.2) is 20.8 Å². The monoisotopic (exact) mass is 164 g/mol. The quantitative estimate of drug-likeness (QED) is 0.446. The lowest BCUT2D eigenvalue weighted by Gasteiger charge is -1.90. The summed E-state index contributed by atoms with van der Waals surface area (Å²) in [6.07, 6.45) is 1.19. The molecule has 0 aromatic heterocycles. The SMILES string of the molecule is C=CC(=O)CCO[SH](=O)=O. The minimum atomic E-state index is -2.82. The molecular formula is C5H8O4S. The summed E-state index contributed by atoms with van der Waals surface area (Å²) in [6.45, 7) is 3.11. The lowest BCUT2D eigenvalue weighted by molar-refractivity contribution is -0.115. The Hall–Kier alpha value is -0.680. The van der Waals surface area contributed by atoms with Gasteiger partial charge in [0.15, 0.2) is 5.78 Å². The Bertz CT molecular complexity index is 186. The van der Waals surface area contributed by atoms with Crippen LogP contribution in [0.2, 0.25) is 0 Å². The largest absolute Gasteiger partial charge is 0.295 e. The fourth-order valence-electron chi connectivity index (χ4n) is 0.323. The molecule has 0 saturated heterocycles. The van der Waals surface area contributed by atoms with Crippen LogP contribution in [-0.2, 0) is 20.0 Å². The molecule has 0 saturated carbocycles. The third-order valence-electron chi connectivity index (χ3n) is 0.773. The number of carbonyl (C=O) groups is 1. The second kappa shape index (κ2) is 5.13. The molecule has 0 N–H and O–H groups in total.